The lowest BCUT2D eigenvalue weighted by molar-refractivity contribution is 0.669. The number of benzene rings is 1. The summed E-state index contributed by atoms with van der Waals surface area (Å²) in [6.45, 7) is 10.5. The van der Waals surface area contributed by atoms with Crippen LogP contribution in [-0.4, -0.2) is 22.9 Å². The van der Waals surface area contributed by atoms with E-state index in [1.807, 2.05) is 23.7 Å². The Kier molecular flexibility index (Phi) is 5.43. The zero-order valence-corrected chi connectivity index (χ0v) is 14.1. The molecule has 0 aliphatic rings. The minimum absolute atomic E-state index is 0.784. The van der Waals surface area contributed by atoms with Crippen LogP contribution in [-0.2, 0) is 6.42 Å². The van der Waals surface area contributed by atoms with Gasteiger partial charge >= 0.3 is 0 Å². The van der Waals surface area contributed by atoms with Gasteiger partial charge in [0, 0.05) is 10.7 Å². The minimum Gasteiger partial charge on any atom is -0.316 e. The first-order valence-electron chi connectivity index (χ1n) is 7.57. The van der Waals surface area contributed by atoms with Crippen molar-refractivity contribution >= 4 is 11.6 Å². The number of nitrogens with zero attached hydrogens (tertiary/aromatic N) is 2. The Morgan fingerprint density at radius 2 is 1.95 bits per heavy atom. The molecule has 0 aliphatic heterocycles. The van der Waals surface area contributed by atoms with Crippen LogP contribution >= 0.6 is 11.6 Å². The van der Waals surface area contributed by atoms with Gasteiger partial charge in [-0.05, 0) is 70.0 Å². The standard InChI is InChI=1S/C17H24ClN3/c1-5-9-19-10-8-16-13(3)20-21(14(16)4)15-7-6-12(2)17(18)11-15/h6-7,11,19H,5,8-10H2,1-4H3. The molecular formula is C17H24ClN3. The number of aromatic nitrogens is 2. The molecule has 4 heteroatoms. The molecule has 0 aliphatic carbocycles. The average molecular weight is 306 g/mol. The van der Waals surface area contributed by atoms with E-state index >= 15 is 0 Å². The summed E-state index contributed by atoms with van der Waals surface area (Å²) < 4.78 is 2.00. The number of hydrogen-bond acceptors (Lipinski definition) is 2. The monoisotopic (exact) mass is 305 g/mol. The molecule has 0 fully saturated rings. The van der Waals surface area contributed by atoms with Gasteiger partial charge in [-0.15, -0.1) is 0 Å². The van der Waals surface area contributed by atoms with E-state index in [0.717, 1.165) is 41.5 Å². The van der Waals surface area contributed by atoms with Crippen LogP contribution in [0.4, 0.5) is 0 Å². The quantitative estimate of drug-likeness (QED) is 0.818. The van der Waals surface area contributed by atoms with Crippen molar-refractivity contribution in [2.75, 3.05) is 13.1 Å². The summed E-state index contributed by atoms with van der Waals surface area (Å²) in [5.74, 6) is 0. The molecule has 114 valence electrons. The van der Waals surface area contributed by atoms with Gasteiger partial charge in [-0.25, -0.2) is 4.68 Å². The molecule has 0 saturated carbocycles. The van der Waals surface area contributed by atoms with Crippen LogP contribution in [0.5, 0.6) is 0 Å². The largest absolute Gasteiger partial charge is 0.316 e. The second kappa shape index (κ2) is 7.10. The maximum absolute atomic E-state index is 6.23. The highest BCUT2D eigenvalue weighted by Crippen LogP contribution is 2.22. The van der Waals surface area contributed by atoms with Crippen LogP contribution in [0, 0.1) is 20.8 Å². The van der Waals surface area contributed by atoms with Crippen molar-refractivity contribution < 1.29 is 0 Å². The van der Waals surface area contributed by atoms with E-state index in [1.54, 1.807) is 0 Å². The van der Waals surface area contributed by atoms with Crippen LogP contribution in [0.2, 0.25) is 5.02 Å². The molecule has 0 atom stereocenters. The Hall–Kier alpha value is -1.32. The Morgan fingerprint density at radius 1 is 1.19 bits per heavy atom. The maximum atomic E-state index is 6.23. The molecule has 2 aromatic rings. The van der Waals surface area contributed by atoms with E-state index in [0.29, 0.717) is 0 Å². The van der Waals surface area contributed by atoms with Gasteiger partial charge in [-0.2, -0.15) is 5.10 Å². The summed E-state index contributed by atoms with van der Waals surface area (Å²) in [4.78, 5) is 0. The van der Waals surface area contributed by atoms with E-state index in [2.05, 4.69) is 37.3 Å². The van der Waals surface area contributed by atoms with Crippen molar-refractivity contribution in [3.63, 3.8) is 0 Å². The summed E-state index contributed by atoms with van der Waals surface area (Å²) in [5.41, 5.74) is 5.74. The number of halogens is 1. The highest BCUT2D eigenvalue weighted by molar-refractivity contribution is 6.31. The summed E-state index contributed by atoms with van der Waals surface area (Å²) in [6.07, 6.45) is 2.18. The topological polar surface area (TPSA) is 29.9 Å². The van der Waals surface area contributed by atoms with Crippen molar-refractivity contribution in [3.05, 3.63) is 45.7 Å². The predicted molar refractivity (Wildman–Crippen MR) is 89.6 cm³/mol. The molecule has 1 heterocycles. The van der Waals surface area contributed by atoms with Gasteiger partial charge in [-0.1, -0.05) is 24.6 Å². The first kappa shape index (κ1) is 16.1. The average Bonchev–Trinajstić information content (AvgIpc) is 2.74. The van der Waals surface area contributed by atoms with E-state index in [4.69, 9.17) is 11.6 Å². The third-order valence-electron chi connectivity index (χ3n) is 3.82. The second-order valence-corrected chi connectivity index (χ2v) is 5.90. The van der Waals surface area contributed by atoms with Crippen LogP contribution in [0.3, 0.4) is 0 Å². The first-order valence-corrected chi connectivity index (χ1v) is 7.94. The van der Waals surface area contributed by atoms with E-state index in [1.165, 1.54) is 17.7 Å². The Labute approximate surface area is 132 Å². The smallest absolute Gasteiger partial charge is 0.0663 e. The van der Waals surface area contributed by atoms with Gasteiger partial charge in [0.25, 0.3) is 0 Å². The van der Waals surface area contributed by atoms with E-state index in [9.17, 15) is 0 Å². The zero-order chi connectivity index (χ0) is 15.4. The molecule has 0 unspecified atom stereocenters. The van der Waals surface area contributed by atoms with E-state index < -0.39 is 0 Å². The SMILES string of the molecule is CCCNCCc1c(C)nn(-c2ccc(C)c(Cl)c2)c1C. The lowest BCUT2D eigenvalue weighted by atomic mass is 10.1. The van der Waals surface area contributed by atoms with Crippen molar-refractivity contribution in [2.24, 2.45) is 0 Å². The number of nitrogens with one attached hydrogen (secondary N) is 1. The molecule has 21 heavy (non-hydrogen) atoms. The van der Waals surface area contributed by atoms with Crippen LogP contribution < -0.4 is 5.32 Å². The summed E-state index contributed by atoms with van der Waals surface area (Å²) in [7, 11) is 0. The summed E-state index contributed by atoms with van der Waals surface area (Å²) in [6, 6.07) is 6.09. The molecule has 0 amide bonds. The number of aryl methyl sites for hydroxylation is 2. The lowest BCUT2D eigenvalue weighted by Gasteiger charge is -2.08. The fourth-order valence-electron chi connectivity index (χ4n) is 2.52. The van der Waals surface area contributed by atoms with Crippen molar-refractivity contribution in [2.45, 2.75) is 40.5 Å². The lowest BCUT2D eigenvalue weighted by Crippen LogP contribution is -2.18. The molecule has 2 rings (SSSR count). The highest BCUT2D eigenvalue weighted by atomic mass is 35.5. The van der Waals surface area contributed by atoms with Gasteiger partial charge in [0.1, 0.15) is 0 Å². The van der Waals surface area contributed by atoms with Gasteiger partial charge in [0.05, 0.1) is 11.4 Å². The van der Waals surface area contributed by atoms with Crippen molar-refractivity contribution in [3.8, 4) is 5.69 Å². The molecule has 1 aromatic heterocycles. The molecule has 0 radical (unpaired) electrons. The molecular weight excluding hydrogens is 282 g/mol. The van der Waals surface area contributed by atoms with Crippen LogP contribution in [0.15, 0.2) is 18.2 Å². The maximum Gasteiger partial charge on any atom is 0.0663 e. The summed E-state index contributed by atoms with van der Waals surface area (Å²) in [5, 5.41) is 8.91. The molecule has 0 bridgehead atoms. The molecule has 0 spiro atoms. The van der Waals surface area contributed by atoms with E-state index in [-0.39, 0.29) is 0 Å². The van der Waals surface area contributed by atoms with Crippen LogP contribution in [0.1, 0.15) is 35.9 Å². The summed E-state index contributed by atoms with van der Waals surface area (Å²) >= 11 is 6.23. The Bertz CT molecular complexity index is 617. The number of rotatable bonds is 6. The van der Waals surface area contributed by atoms with Crippen LogP contribution in [0.25, 0.3) is 5.69 Å². The predicted octanol–water partition coefficient (Wildman–Crippen LogP) is 3.99. The third kappa shape index (κ3) is 3.66. The fraction of sp³-hybridized carbons (Fsp3) is 0.471. The fourth-order valence-corrected chi connectivity index (χ4v) is 2.69. The third-order valence-corrected chi connectivity index (χ3v) is 4.23. The molecule has 1 aromatic carbocycles. The highest BCUT2D eigenvalue weighted by Gasteiger charge is 2.13. The molecule has 0 saturated heterocycles. The molecule has 3 nitrogen and oxygen atoms in total. The van der Waals surface area contributed by atoms with Gasteiger partial charge < -0.3 is 5.32 Å². The Morgan fingerprint density at radius 3 is 2.62 bits per heavy atom. The van der Waals surface area contributed by atoms with Gasteiger partial charge in [-0.3, -0.25) is 0 Å². The normalized spacial score (nSPS) is 11.1. The molecule has 1 N–H and O–H groups in total. The first-order chi connectivity index (χ1) is 10.0. The zero-order valence-electron chi connectivity index (χ0n) is 13.3. The number of hydrogen-bond donors (Lipinski definition) is 1. The van der Waals surface area contributed by atoms with Gasteiger partial charge in [0.15, 0.2) is 0 Å². The Balaban J connectivity index is 2.23. The van der Waals surface area contributed by atoms with Gasteiger partial charge in [0.2, 0.25) is 0 Å². The second-order valence-electron chi connectivity index (χ2n) is 5.49. The van der Waals surface area contributed by atoms with Crippen molar-refractivity contribution in [1.29, 1.82) is 0 Å². The van der Waals surface area contributed by atoms with Crippen molar-refractivity contribution in [1.82, 2.24) is 15.1 Å². The minimum atomic E-state index is 0.784.